The minimum atomic E-state index is -0.173. The molecule has 1 heterocycles. The van der Waals surface area contributed by atoms with E-state index in [0.29, 0.717) is 6.54 Å². The second-order valence-electron chi connectivity index (χ2n) is 4.31. The van der Waals surface area contributed by atoms with E-state index in [1.807, 2.05) is 49.4 Å². The van der Waals surface area contributed by atoms with Gasteiger partial charge in [-0.15, -0.1) is 0 Å². The largest absolute Gasteiger partial charge is 0.334 e. The molecule has 4 heteroatoms. The molecule has 0 saturated heterocycles. The van der Waals surface area contributed by atoms with E-state index < -0.39 is 0 Å². The summed E-state index contributed by atoms with van der Waals surface area (Å²) in [5.74, 6) is 0. The summed E-state index contributed by atoms with van der Waals surface area (Å²) < 4.78 is 0. The number of urea groups is 1. The number of amides is 2. The minimum absolute atomic E-state index is 0.0151. The van der Waals surface area contributed by atoms with Crippen molar-refractivity contribution in [3.63, 3.8) is 0 Å². The minimum Gasteiger partial charge on any atom is -0.334 e. The van der Waals surface area contributed by atoms with Crippen molar-refractivity contribution in [1.82, 2.24) is 15.6 Å². The highest BCUT2D eigenvalue weighted by Crippen LogP contribution is 2.10. The van der Waals surface area contributed by atoms with Crippen molar-refractivity contribution in [2.24, 2.45) is 0 Å². The lowest BCUT2D eigenvalue weighted by atomic mass is 10.1. The van der Waals surface area contributed by atoms with Gasteiger partial charge in [0.15, 0.2) is 0 Å². The number of pyridine rings is 1. The van der Waals surface area contributed by atoms with Crippen molar-refractivity contribution in [3.8, 4) is 0 Å². The van der Waals surface area contributed by atoms with E-state index in [9.17, 15) is 4.79 Å². The quantitative estimate of drug-likeness (QED) is 0.882. The zero-order valence-electron chi connectivity index (χ0n) is 10.8. The van der Waals surface area contributed by atoms with Crippen LogP contribution in [0, 0.1) is 0 Å². The molecule has 0 fully saturated rings. The Labute approximate surface area is 112 Å². The van der Waals surface area contributed by atoms with Gasteiger partial charge in [-0.3, -0.25) is 4.98 Å². The number of carbonyl (C=O) groups is 1. The first-order chi connectivity index (χ1) is 9.25. The normalized spacial score (nSPS) is 11.6. The number of carbonyl (C=O) groups excluding carboxylic acids is 1. The average Bonchev–Trinajstić information content (AvgIpc) is 2.47. The Morgan fingerprint density at radius 1 is 1.16 bits per heavy atom. The molecule has 0 spiro atoms. The van der Waals surface area contributed by atoms with Crippen LogP contribution in [0.4, 0.5) is 4.79 Å². The Balaban J connectivity index is 1.82. The molecule has 0 radical (unpaired) electrons. The van der Waals surface area contributed by atoms with E-state index in [0.717, 1.165) is 11.1 Å². The standard InChI is InChI=1S/C15H17N3O/c1-12(14-5-3-2-4-6-14)18-15(19)17-11-13-7-9-16-10-8-13/h2-10,12H,11H2,1H3,(H2,17,18,19). The molecule has 0 bridgehead atoms. The van der Waals surface area contributed by atoms with E-state index in [2.05, 4.69) is 15.6 Å². The molecule has 2 rings (SSSR count). The summed E-state index contributed by atoms with van der Waals surface area (Å²) in [4.78, 5) is 15.7. The summed E-state index contributed by atoms with van der Waals surface area (Å²) in [5, 5.41) is 5.72. The van der Waals surface area contributed by atoms with Gasteiger partial charge in [0.25, 0.3) is 0 Å². The molecule has 2 N–H and O–H groups in total. The third kappa shape index (κ3) is 4.10. The fourth-order valence-corrected chi connectivity index (χ4v) is 1.76. The maximum atomic E-state index is 11.8. The third-order valence-electron chi connectivity index (χ3n) is 2.85. The highest BCUT2D eigenvalue weighted by atomic mass is 16.2. The average molecular weight is 255 g/mol. The van der Waals surface area contributed by atoms with Crippen LogP contribution in [0.2, 0.25) is 0 Å². The van der Waals surface area contributed by atoms with Crippen molar-refractivity contribution < 1.29 is 4.79 Å². The molecule has 1 atom stereocenters. The number of hydrogen-bond acceptors (Lipinski definition) is 2. The number of nitrogens with one attached hydrogen (secondary N) is 2. The van der Waals surface area contributed by atoms with E-state index in [4.69, 9.17) is 0 Å². The van der Waals surface area contributed by atoms with E-state index in [1.165, 1.54) is 0 Å². The lowest BCUT2D eigenvalue weighted by molar-refractivity contribution is 0.237. The van der Waals surface area contributed by atoms with Crippen LogP contribution in [0.3, 0.4) is 0 Å². The Kier molecular flexibility index (Phi) is 4.50. The Bertz CT molecular complexity index is 513. The molecule has 0 saturated carbocycles. The molecule has 1 unspecified atom stereocenters. The smallest absolute Gasteiger partial charge is 0.315 e. The SMILES string of the molecule is CC(NC(=O)NCc1ccncc1)c1ccccc1. The molecule has 2 aromatic rings. The number of hydrogen-bond donors (Lipinski definition) is 2. The summed E-state index contributed by atoms with van der Waals surface area (Å²) in [6.07, 6.45) is 3.42. The van der Waals surface area contributed by atoms with Crippen LogP contribution in [-0.2, 0) is 6.54 Å². The molecule has 98 valence electrons. The Morgan fingerprint density at radius 2 is 1.84 bits per heavy atom. The summed E-state index contributed by atoms with van der Waals surface area (Å²) in [6, 6.07) is 13.4. The molecule has 2 amide bonds. The first kappa shape index (κ1) is 13.1. The highest BCUT2D eigenvalue weighted by Gasteiger charge is 2.08. The fraction of sp³-hybridized carbons (Fsp3) is 0.200. The molecular weight excluding hydrogens is 238 g/mol. The van der Waals surface area contributed by atoms with Crippen molar-refractivity contribution in [1.29, 1.82) is 0 Å². The van der Waals surface area contributed by atoms with Gasteiger partial charge in [-0.25, -0.2) is 4.79 Å². The molecular formula is C15H17N3O. The van der Waals surface area contributed by atoms with E-state index in [1.54, 1.807) is 12.4 Å². The number of nitrogens with zero attached hydrogens (tertiary/aromatic N) is 1. The van der Waals surface area contributed by atoms with Crippen LogP contribution in [-0.4, -0.2) is 11.0 Å². The van der Waals surface area contributed by atoms with Crippen LogP contribution in [0.1, 0.15) is 24.1 Å². The fourth-order valence-electron chi connectivity index (χ4n) is 1.76. The zero-order valence-corrected chi connectivity index (χ0v) is 10.8. The monoisotopic (exact) mass is 255 g/mol. The zero-order chi connectivity index (χ0) is 13.5. The Morgan fingerprint density at radius 3 is 2.53 bits per heavy atom. The number of rotatable bonds is 4. The predicted molar refractivity (Wildman–Crippen MR) is 74.5 cm³/mol. The van der Waals surface area contributed by atoms with Crippen molar-refractivity contribution in [2.75, 3.05) is 0 Å². The molecule has 4 nitrogen and oxygen atoms in total. The molecule has 1 aromatic heterocycles. The number of benzene rings is 1. The van der Waals surface area contributed by atoms with Crippen molar-refractivity contribution in [3.05, 3.63) is 66.0 Å². The third-order valence-corrected chi connectivity index (χ3v) is 2.85. The van der Waals surface area contributed by atoms with Gasteiger partial charge in [-0.2, -0.15) is 0 Å². The second kappa shape index (κ2) is 6.54. The molecule has 0 aliphatic rings. The first-order valence-corrected chi connectivity index (χ1v) is 6.24. The van der Waals surface area contributed by atoms with E-state index in [-0.39, 0.29) is 12.1 Å². The molecule has 0 aliphatic carbocycles. The lowest BCUT2D eigenvalue weighted by Gasteiger charge is -2.15. The second-order valence-corrected chi connectivity index (χ2v) is 4.31. The van der Waals surface area contributed by atoms with Gasteiger partial charge in [-0.05, 0) is 30.2 Å². The predicted octanol–water partition coefficient (Wildman–Crippen LogP) is 2.64. The van der Waals surface area contributed by atoms with Crippen LogP contribution in [0.15, 0.2) is 54.9 Å². The van der Waals surface area contributed by atoms with Gasteiger partial charge >= 0.3 is 6.03 Å². The van der Waals surface area contributed by atoms with Crippen LogP contribution in [0.25, 0.3) is 0 Å². The maximum absolute atomic E-state index is 11.8. The molecule has 0 aliphatic heterocycles. The summed E-state index contributed by atoms with van der Waals surface area (Å²) >= 11 is 0. The number of aromatic nitrogens is 1. The lowest BCUT2D eigenvalue weighted by Crippen LogP contribution is -2.36. The van der Waals surface area contributed by atoms with Gasteiger partial charge in [0, 0.05) is 18.9 Å². The van der Waals surface area contributed by atoms with Crippen molar-refractivity contribution >= 4 is 6.03 Å². The highest BCUT2D eigenvalue weighted by molar-refractivity contribution is 5.74. The topological polar surface area (TPSA) is 54.0 Å². The maximum Gasteiger partial charge on any atom is 0.315 e. The molecule has 1 aromatic carbocycles. The van der Waals surface area contributed by atoms with Gasteiger partial charge < -0.3 is 10.6 Å². The van der Waals surface area contributed by atoms with Gasteiger partial charge in [-0.1, -0.05) is 30.3 Å². The van der Waals surface area contributed by atoms with Gasteiger partial charge in [0.05, 0.1) is 6.04 Å². The first-order valence-electron chi connectivity index (χ1n) is 6.24. The van der Waals surface area contributed by atoms with Gasteiger partial charge in [0.1, 0.15) is 0 Å². The van der Waals surface area contributed by atoms with Gasteiger partial charge in [0.2, 0.25) is 0 Å². The van der Waals surface area contributed by atoms with E-state index >= 15 is 0 Å². The Hall–Kier alpha value is -2.36. The van der Waals surface area contributed by atoms with Crippen LogP contribution >= 0.6 is 0 Å². The van der Waals surface area contributed by atoms with Crippen LogP contribution in [0.5, 0.6) is 0 Å². The van der Waals surface area contributed by atoms with Crippen LogP contribution < -0.4 is 10.6 Å². The summed E-state index contributed by atoms with van der Waals surface area (Å²) in [6.45, 7) is 2.46. The van der Waals surface area contributed by atoms with Crippen molar-refractivity contribution in [2.45, 2.75) is 19.5 Å². The molecule has 19 heavy (non-hydrogen) atoms. The summed E-state index contributed by atoms with van der Waals surface area (Å²) in [7, 11) is 0. The summed E-state index contributed by atoms with van der Waals surface area (Å²) in [5.41, 5.74) is 2.11.